The van der Waals surface area contributed by atoms with Gasteiger partial charge >= 0.3 is 11.9 Å². The Balaban J connectivity index is 0.000000823. The number of carboxylic acids is 2. The fourth-order valence-electron chi connectivity index (χ4n) is 2.41. The molecule has 6 nitrogen and oxygen atoms in total. The maximum absolute atomic E-state index is 12.4. The molecule has 140 valence electrons. The van der Waals surface area contributed by atoms with Crippen LogP contribution >= 0.6 is 0 Å². The summed E-state index contributed by atoms with van der Waals surface area (Å²) >= 11 is 0. The van der Waals surface area contributed by atoms with Gasteiger partial charge in [-0.15, -0.1) is 0 Å². The first kappa shape index (κ1) is 22.8. The van der Waals surface area contributed by atoms with Gasteiger partial charge in [0.25, 0.3) is 0 Å². The lowest BCUT2D eigenvalue weighted by molar-refractivity contribution is -0.159. The standard InChI is InChI=1S/C17H27NO.C2H2O4/c1-13(2)10-15(18)11-16(19)17(3,4)12-14-8-6-5-7-9-14;3-1(4)2(5)6/h5-9,13,15H,10-12,18H2,1-4H3;(H,3,4)(H,5,6). The Kier molecular flexibility index (Phi) is 9.67. The van der Waals surface area contributed by atoms with Crippen molar-refractivity contribution in [3.63, 3.8) is 0 Å². The molecule has 0 spiro atoms. The van der Waals surface area contributed by atoms with E-state index in [2.05, 4.69) is 26.0 Å². The Morgan fingerprint density at radius 2 is 1.52 bits per heavy atom. The van der Waals surface area contributed by atoms with Crippen molar-refractivity contribution in [1.82, 2.24) is 0 Å². The summed E-state index contributed by atoms with van der Waals surface area (Å²) in [5.41, 5.74) is 6.91. The molecule has 4 N–H and O–H groups in total. The van der Waals surface area contributed by atoms with Gasteiger partial charge in [-0.1, -0.05) is 58.0 Å². The zero-order chi connectivity index (χ0) is 19.6. The first-order valence-corrected chi connectivity index (χ1v) is 8.24. The van der Waals surface area contributed by atoms with E-state index >= 15 is 0 Å². The van der Waals surface area contributed by atoms with Crippen molar-refractivity contribution in [1.29, 1.82) is 0 Å². The third-order valence-electron chi connectivity index (χ3n) is 3.65. The van der Waals surface area contributed by atoms with Crippen LogP contribution in [0.15, 0.2) is 30.3 Å². The van der Waals surface area contributed by atoms with Gasteiger partial charge in [0, 0.05) is 17.9 Å². The van der Waals surface area contributed by atoms with E-state index in [0.717, 1.165) is 12.8 Å². The number of hydrogen-bond donors (Lipinski definition) is 3. The van der Waals surface area contributed by atoms with Gasteiger partial charge in [0.05, 0.1) is 0 Å². The maximum atomic E-state index is 12.4. The average Bonchev–Trinajstić information content (AvgIpc) is 2.47. The maximum Gasteiger partial charge on any atom is 0.414 e. The van der Waals surface area contributed by atoms with Gasteiger partial charge < -0.3 is 15.9 Å². The minimum atomic E-state index is -1.82. The lowest BCUT2D eigenvalue weighted by Crippen LogP contribution is -2.34. The highest BCUT2D eigenvalue weighted by atomic mass is 16.4. The topological polar surface area (TPSA) is 118 Å². The molecule has 25 heavy (non-hydrogen) atoms. The molecule has 0 aliphatic heterocycles. The molecule has 0 fully saturated rings. The zero-order valence-corrected chi connectivity index (χ0v) is 15.4. The molecule has 0 saturated heterocycles. The normalized spacial score (nSPS) is 12.1. The molecule has 0 amide bonds. The molecule has 1 atom stereocenters. The summed E-state index contributed by atoms with van der Waals surface area (Å²) in [6.07, 6.45) is 2.17. The van der Waals surface area contributed by atoms with Crippen LogP contribution in [0.5, 0.6) is 0 Å². The van der Waals surface area contributed by atoms with Crippen LogP contribution in [0.3, 0.4) is 0 Å². The van der Waals surface area contributed by atoms with Gasteiger partial charge in [-0.05, 0) is 24.3 Å². The number of carbonyl (C=O) groups is 3. The molecule has 0 radical (unpaired) electrons. The van der Waals surface area contributed by atoms with Crippen LogP contribution in [-0.4, -0.2) is 34.0 Å². The largest absolute Gasteiger partial charge is 0.473 e. The molecule has 0 bridgehead atoms. The number of nitrogens with two attached hydrogens (primary N) is 1. The highest BCUT2D eigenvalue weighted by molar-refractivity contribution is 6.27. The van der Waals surface area contributed by atoms with E-state index in [4.69, 9.17) is 25.5 Å². The number of Topliss-reactive ketones (excluding diaryl/α,β-unsaturated/α-hetero) is 1. The lowest BCUT2D eigenvalue weighted by atomic mass is 9.79. The highest BCUT2D eigenvalue weighted by Crippen LogP contribution is 2.25. The number of carboxylic acid groups (broad SMARTS) is 2. The Labute approximate surface area is 149 Å². The number of ketones is 1. The van der Waals surface area contributed by atoms with E-state index < -0.39 is 11.9 Å². The van der Waals surface area contributed by atoms with Crippen LogP contribution in [0.4, 0.5) is 0 Å². The molecule has 0 aliphatic carbocycles. The number of aliphatic carboxylic acids is 2. The first-order chi connectivity index (χ1) is 11.5. The van der Waals surface area contributed by atoms with Gasteiger partial charge in [0.1, 0.15) is 5.78 Å². The first-order valence-electron chi connectivity index (χ1n) is 8.24. The number of benzene rings is 1. The molecule has 0 aliphatic rings. The number of rotatable bonds is 7. The summed E-state index contributed by atoms with van der Waals surface area (Å²) in [5, 5.41) is 14.8. The molecule has 0 heterocycles. The molecule has 0 aromatic heterocycles. The molecular weight excluding hydrogens is 322 g/mol. The predicted octanol–water partition coefficient (Wildman–Crippen LogP) is 2.74. The lowest BCUT2D eigenvalue weighted by Gasteiger charge is -2.25. The summed E-state index contributed by atoms with van der Waals surface area (Å²) in [4.78, 5) is 30.6. The van der Waals surface area contributed by atoms with Gasteiger partial charge in [0.2, 0.25) is 0 Å². The highest BCUT2D eigenvalue weighted by Gasteiger charge is 2.28. The molecular formula is C19H29NO5. The monoisotopic (exact) mass is 351 g/mol. The Hall–Kier alpha value is -2.21. The van der Waals surface area contributed by atoms with Crippen molar-refractivity contribution in [2.24, 2.45) is 17.1 Å². The molecule has 6 heteroatoms. The van der Waals surface area contributed by atoms with E-state index in [1.54, 1.807) is 0 Å². The average molecular weight is 351 g/mol. The smallest absolute Gasteiger partial charge is 0.414 e. The van der Waals surface area contributed by atoms with Crippen LogP contribution in [0.2, 0.25) is 0 Å². The van der Waals surface area contributed by atoms with Crippen molar-refractivity contribution in [2.75, 3.05) is 0 Å². The zero-order valence-electron chi connectivity index (χ0n) is 15.4. The second-order valence-electron chi connectivity index (χ2n) is 7.17. The van der Waals surface area contributed by atoms with Crippen LogP contribution in [0.1, 0.15) is 46.1 Å². The van der Waals surface area contributed by atoms with E-state index in [1.807, 2.05) is 32.0 Å². The predicted molar refractivity (Wildman–Crippen MR) is 96.3 cm³/mol. The van der Waals surface area contributed by atoms with E-state index in [9.17, 15) is 4.79 Å². The third kappa shape index (κ3) is 10.3. The van der Waals surface area contributed by atoms with Crippen LogP contribution < -0.4 is 5.73 Å². The summed E-state index contributed by atoms with van der Waals surface area (Å²) < 4.78 is 0. The molecule has 0 saturated carbocycles. The van der Waals surface area contributed by atoms with Crippen molar-refractivity contribution in [3.05, 3.63) is 35.9 Å². The number of hydrogen-bond acceptors (Lipinski definition) is 4. The molecule has 1 rings (SSSR count). The van der Waals surface area contributed by atoms with E-state index in [1.165, 1.54) is 5.56 Å². The third-order valence-corrected chi connectivity index (χ3v) is 3.65. The van der Waals surface area contributed by atoms with Gasteiger partial charge in [-0.2, -0.15) is 0 Å². The van der Waals surface area contributed by atoms with E-state index in [-0.39, 0.29) is 17.2 Å². The minimum Gasteiger partial charge on any atom is -0.473 e. The fourth-order valence-corrected chi connectivity index (χ4v) is 2.41. The van der Waals surface area contributed by atoms with Crippen molar-refractivity contribution >= 4 is 17.7 Å². The van der Waals surface area contributed by atoms with Crippen LogP contribution in [-0.2, 0) is 20.8 Å². The molecule has 1 aromatic carbocycles. The van der Waals surface area contributed by atoms with Crippen molar-refractivity contribution in [2.45, 2.75) is 53.0 Å². The Bertz CT molecular complexity index is 554. The van der Waals surface area contributed by atoms with Gasteiger partial charge in [-0.25, -0.2) is 9.59 Å². The van der Waals surface area contributed by atoms with Crippen molar-refractivity contribution < 1.29 is 24.6 Å². The number of carbonyl (C=O) groups excluding carboxylic acids is 1. The SMILES string of the molecule is CC(C)CC(N)CC(=O)C(C)(C)Cc1ccccc1.O=C(O)C(=O)O. The van der Waals surface area contributed by atoms with Crippen molar-refractivity contribution in [3.8, 4) is 0 Å². The minimum absolute atomic E-state index is 0.0115. The van der Waals surface area contributed by atoms with Crippen LogP contribution in [0, 0.1) is 11.3 Å². The fraction of sp³-hybridized carbons (Fsp3) is 0.526. The quantitative estimate of drug-likeness (QED) is 0.650. The van der Waals surface area contributed by atoms with Crippen LogP contribution in [0.25, 0.3) is 0 Å². The Morgan fingerprint density at radius 3 is 1.92 bits per heavy atom. The second kappa shape index (κ2) is 10.6. The summed E-state index contributed by atoms with van der Waals surface area (Å²) in [6.45, 7) is 8.31. The molecule has 1 unspecified atom stereocenters. The molecule has 1 aromatic rings. The summed E-state index contributed by atoms with van der Waals surface area (Å²) in [5.74, 6) is -2.84. The Morgan fingerprint density at radius 1 is 1.04 bits per heavy atom. The summed E-state index contributed by atoms with van der Waals surface area (Å²) in [7, 11) is 0. The summed E-state index contributed by atoms with van der Waals surface area (Å²) in [6, 6.07) is 10.2. The van der Waals surface area contributed by atoms with Gasteiger partial charge in [-0.3, -0.25) is 4.79 Å². The van der Waals surface area contributed by atoms with E-state index in [0.29, 0.717) is 12.3 Å². The van der Waals surface area contributed by atoms with Gasteiger partial charge in [0.15, 0.2) is 0 Å². The second-order valence-corrected chi connectivity index (χ2v) is 7.17.